The molecule has 2 aromatic heterocycles. The van der Waals surface area contributed by atoms with Gasteiger partial charge in [0, 0.05) is 41.5 Å². The Bertz CT molecular complexity index is 1430. The third-order valence-electron chi connectivity index (χ3n) is 5.42. The number of allylic oxidation sites excluding steroid dienone is 1. The maximum absolute atomic E-state index is 8.75. The summed E-state index contributed by atoms with van der Waals surface area (Å²) in [5, 5.41) is 28.6. The predicted molar refractivity (Wildman–Crippen MR) is 138 cm³/mol. The first-order valence-corrected chi connectivity index (χ1v) is 11.4. The third kappa shape index (κ3) is 5.48. The second-order valence-corrected chi connectivity index (χ2v) is 8.35. The Hall–Kier alpha value is -4.22. The van der Waals surface area contributed by atoms with Crippen molar-refractivity contribution in [1.29, 1.82) is 10.7 Å². The minimum atomic E-state index is 0.358. The molecule has 4 aromatic rings. The number of nitrogens with one attached hydrogen (secondary N) is 3. The van der Waals surface area contributed by atoms with Crippen LogP contribution in [-0.2, 0) is 6.54 Å². The maximum Gasteiger partial charge on any atom is 0.165 e. The van der Waals surface area contributed by atoms with E-state index in [4.69, 9.17) is 36.8 Å². The van der Waals surface area contributed by atoms with Crippen LogP contribution in [0.1, 0.15) is 29.3 Å². The number of anilines is 1. The molecule has 0 atom stereocenters. The van der Waals surface area contributed by atoms with Gasteiger partial charge in [-0.1, -0.05) is 35.0 Å². The molecule has 176 valence electrons. The lowest BCUT2D eigenvalue weighted by Gasteiger charge is -2.13. The van der Waals surface area contributed by atoms with Gasteiger partial charge in [0.1, 0.15) is 11.6 Å². The first-order valence-electron chi connectivity index (χ1n) is 11.0. The summed E-state index contributed by atoms with van der Waals surface area (Å²) in [6.07, 6.45) is 3.21. The summed E-state index contributed by atoms with van der Waals surface area (Å²) < 4.78 is 5.36. The zero-order valence-corrected chi connectivity index (χ0v) is 20.1. The molecule has 0 aliphatic heterocycles. The fraction of sp³-hybridized carbons (Fsp3) is 0.192. The van der Waals surface area contributed by atoms with Crippen LogP contribution < -0.4 is 10.6 Å². The van der Waals surface area contributed by atoms with Gasteiger partial charge in [0.15, 0.2) is 5.82 Å². The molecule has 8 nitrogen and oxygen atoms in total. The average molecular weight is 486 g/mol. The lowest BCUT2D eigenvalue weighted by atomic mass is 10.0. The van der Waals surface area contributed by atoms with Crippen molar-refractivity contribution < 1.29 is 4.52 Å². The second kappa shape index (κ2) is 10.8. The highest BCUT2D eigenvalue weighted by atomic mass is 35.5. The molecule has 0 bridgehead atoms. The van der Waals surface area contributed by atoms with E-state index in [9.17, 15) is 0 Å². The van der Waals surface area contributed by atoms with Gasteiger partial charge in [0.2, 0.25) is 0 Å². The molecule has 0 aliphatic rings. The quantitative estimate of drug-likeness (QED) is 0.206. The molecule has 0 radical (unpaired) electrons. The van der Waals surface area contributed by atoms with E-state index in [0.717, 1.165) is 39.0 Å². The van der Waals surface area contributed by atoms with Crippen molar-refractivity contribution in [2.24, 2.45) is 0 Å². The smallest absolute Gasteiger partial charge is 0.165 e. The molecule has 0 unspecified atom stereocenters. The number of hydrogen-bond acceptors (Lipinski definition) is 8. The first kappa shape index (κ1) is 23.9. The lowest BCUT2D eigenvalue weighted by molar-refractivity contribution is 0.393. The van der Waals surface area contributed by atoms with Gasteiger partial charge in [0.25, 0.3) is 0 Å². The Balaban J connectivity index is 1.79. The summed E-state index contributed by atoms with van der Waals surface area (Å²) >= 11 is 6.16. The van der Waals surface area contributed by atoms with Crippen LogP contribution in [0.25, 0.3) is 27.6 Å². The summed E-state index contributed by atoms with van der Waals surface area (Å²) in [5.41, 5.74) is 4.95. The number of nitriles is 1. The van der Waals surface area contributed by atoms with Crippen molar-refractivity contribution in [3.63, 3.8) is 0 Å². The van der Waals surface area contributed by atoms with E-state index in [2.05, 4.69) is 21.9 Å². The van der Waals surface area contributed by atoms with Crippen LogP contribution in [0.3, 0.4) is 0 Å². The molecule has 0 aliphatic carbocycles. The number of halogens is 1. The number of nitrogens with zero attached hydrogens (tertiary/aromatic N) is 4. The maximum atomic E-state index is 8.75. The molecule has 35 heavy (non-hydrogen) atoms. The highest BCUT2D eigenvalue weighted by Gasteiger charge is 2.16. The molecule has 2 heterocycles. The van der Waals surface area contributed by atoms with Gasteiger partial charge in [0.05, 0.1) is 29.3 Å². The number of aryl methyl sites for hydroxylation is 2. The Kier molecular flexibility index (Phi) is 7.38. The highest BCUT2D eigenvalue weighted by molar-refractivity contribution is 6.30. The number of rotatable bonds is 9. The van der Waals surface area contributed by atoms with Crippen LogP contribution in [-0.4, -0.2) is 27.9 Å². The van der Waals surface area contributed by atoms with Crippen LogP contribution in [0.4, 0.5) is 5.82 Å². The van der Waals surface area contributed by atoms with Crippen molar-refractivity contribution in [1.82, 2.24) is 20.4 Å². The SMILES string of the molecule is Cc1noc(C)c1-c1ccc2nc(/C(C=N)=C/NCCC#N)nc(NCc3cccc(Cl)c3)c2c1. The van der Waals surface area contributed by atoms with Crippen molar-refractivity contribution in [3.8, 4) is 17.2 Å². The van der Waals surface area contributed by atoms with E-state index >= 15 is 0 Å². The van der Waals surface area contributed by atoms with Gasteiger partial charge in [-0.25, -0.2) is 9.97 Å². The van der Waals surface area contributed by atoms with E-state index in [0.29, 0.717) is 41.7 Å². The Morgan fingerprint density at radius 1 is 1.20 bits per heavy atom. The van der Waals surface area contributed by atoms with Crippen molar-refractivity contribution >= 4 is 40.1 Å². The molecule has 0 saturated heterocycles. The minimum absolute atomic E-state index is 0.358. The van der Waals surface area contributed by atoms with Crippen molar-refractivity contribution in [2.45, 2.75) is 26.8 Å². The molecule has 3 N–H and O–H groups in total. The minimum Gasteiger partial charge on any atom is -0.389 e. The van der Waals surface area contributed by atoms with Gasteiger partial charge in [-0.3, -0.25) is 0 Å². The lowest BCUT2D eigenvalue weighted by Crippen LogP contribution is -2.10. The van der Waals surface area contributed by atoms with Gasteiger partial charge >= 0.3 is 0 Å². The monoisotopic (exact) mass is 485 g/mol. The molecular formula is C26H24ClN7O. The number of benzene rings is 2. The molecule has 0 amide bonds. The molecule has 0 spiro atoms. The summed E-state index contributed by atoms with van der Waals surface area (Å²) in [6.45, 7) is 4.78. The summed E-state index contributed by atoms with van der Waals surface area (Å²) in [6, 6.07) is 15.6. The third-order valence-corrected chi connectivity index (χ3v) is 5.65. The van der Waals surface area contributed by atoms with Crippen LogP contribution in [0.2, 0.25) is 5.02 Å². The van der Waals surface area contributed by atoms with Crippen LogP contribution in [0.5, 0.6) is 0 Å². The van der Waals surface area contributed by atoms with E-state index in [-0.39, 0.29) is 0 Å². The molecule has 0 fully saturated rings. The van der Waals surface area contributed by atoms with Gasteiger partial charge in [-0.2, -0.15) is 5.26 Å². The standard InChI is InChI=1S/C26H24ClN7O/c1-16-24(17(2)35-34-16)19-7-8-23-22(12-19)26(31-14-18-5-3-6-21(27)11-18)33-25(32-23)20(13-29)15-30-10-4-9-28/h3,5-8,11-13,15,29-30H,4,10,14H2,1-2H3,(H,31,32,33)/b20-15+,29-13?. The fourth-order valence-electron chi connectivity index (χ4n) is 3.76. The van der Waals surface area contributed by atoms with Crippen LogP contribution >= 0.6 is 11.6 Å². The molecule has 9 heteroatoms. The number of fused-ring (bicyclic) bond motifs is 1. The van der Waals surface area contributed by atoms with Gasteiger partial charge in [-0.15, -0.1) is 0 Å². The Morgan fingerprint density at radius 2 is 2.06 bits per heavy atom. The van der Waals surface area contributed by atoms with Crippen LogP contribution in [0, 0.1) is 30.6 Å². The molecule has 4 rings (SSSR count). The zero-order valence-electron chi connectivity index (χ0n) is 19.4. The Labute approximate surface area is 208 Å². The molecule has 0 saturated carbocycles. The van der Waals surface area contributed by atoms with Crippen LogP contribution in [0.15, 0.2) is 53.2 Å². The average Bonchev–Trinajstić information content (AvgIpc) is 3.20. The van der Waals surface area contributed by atoms with Crippen molar-refractivity contribution in [3.05, 3.63) is 76.5 Å². The summed E-state index contributed by atoms with van der Waals surface area (Å²) in [5.74, 6) is 1.77. The number of aromatic nitrogens is 3. The summed E-state index contributed by atoms with van der Waals surface area (Å²) in [7, 11) is 0. The van der Waals surface area contributed by atoms with Gasteiger partial charge < -0.3 is 20.6 Å². The zero-order chi connectivity index (χ0) is 24.8. The van der Waals surface area contributed by atoms with E-state index in [1.54, 1.807) is 6.20 Å². The Morgan fingerprint density at radius 3 is 2.77 bits per heavy atom. The van der Waals surface area contributed by atoms with E-state index in [1.807, 2.05) is 56.3 Å². The number of hydrogen-bond donors (Lipinski definition) is 3. The van der Waals surface area contributed by atoms with Gasteiger partial charge in [-0.05, 0) is 49.2 Å². The second-order valence-electron chi connectivity index (χ2n) is 7.92. The molecule has 2 aromatic carbocycles. The molecular weight excluding hydrogens is 462 g/mol. The predicted octanol–water partition coefficient (Wildman–Crippen LogP) is 5.66. The largest absolute Gasteiger partial charge is 0.389 e. The normalized spacial score (nSPS) is 11.3. The first-order chi connectivity index (χ1) is 17.0. The topological polar surface area (TPSA) is 124 Å². The highest BCUT2D eigenvalue weighted by Crippen LogP contribution is 2.32. The summed E-state index contributed by atoms with van der Waals surface area (Å²) in [4.78, 5) is 9.46. The van der Waals surface area contributed by atoms with E-state index < -0.39 is 0 Å². The van der Waals surface area contributed by atoms with Crippen molar-refractivity contribution in [2.75, 3.05) is 11.9 Å². The fourth-order valence-corrected chi connectivity index (χ4v) is 3.97. The van der Waals surface area contributed by atoms with E-state index in [1.165, 1.54) is 6.21 Å².